The first-order chi connectivity index (χ1) is 15.1. The van der Waals surface area contributed by atoms with Gasteiger partial charge in [-0.25, -0.2) is 4.79 Å². The minimum absolute atomic E-state index is 0.359. The monoisotopic (exact) mass is 415 g/mol. The van der Waals surface area contributed by atoms with Crippen molar-refractivity contribution in [2.24, 2.45) is 0 Å². The molecule has 5 nitrogen and oxygen atoms in total. The van der Waals surface area contributed by atoms with Gasteiger partial charge in [0.2, 0.25) is 5.91 Å². The highest BCUT2D eigenvalue weighted by atomic mass is 16.5. The fourth-order valence-electron chi connectivity index (χ4n) is 2.99. The second-order valence-corrected chi connectivity index (χ2v) is 6.95. The van der Waals surface area contributed by atoms with Gasteiger partial charge in [0.1, 0.15) is 18.4 Å². The largest absolute Gasteiger partial charge is 0.489 e. The number of para-hydroxylation sites is 1. The Morgan fingerprint density at radius 3 is 2.16 bits per heavy atom. The van der Waals surface area contributed by atoms with E-state index in [1.54, 1.807) is 6.08 Å². The van der Waals surface area contributed by atoms with Crippen molar-refractivity contribution in [2.75, 3.05) is 7.11 Å². The van der Waals surface area contributed by atoms with Gasteiger partial charge in [0.15, 0.2) is 0 Å². The average Bonchev–Trinajstić information content (AvgIpc) is 2.82. The number of carbonyl (C=O) groups is 2. The summed E-state index contributed by atoms with van der Waals surface area (Å²) in [5.41, 5.74) is 2.84. The van der Waals surface area contributed by atoms with Crippen LogP contribution in [-0.4, -0.2) is 25.0 Å². The van der Waals surface area contributed by atoms with Crippen LogP contribution in [0.3, 0.4) is 0 Å². The van der Waals surface area contributed by atoms with Gasteiger partial charge in [-0.3, -0.25) is 4.79 Å². The summed E-state index contributed by atoms with van der Waals surface area (Å²) in [6.07, 6.45) is 3.48. The second-order valence-electron chi connectivity index (χ2n) is 6.95. The predicted molar refractivity (Wildman–Crippen MR) is 120 cm³/mol. The molecule has 0 radical (unpaired) electrons. The van der Waals surface area contributed by atoms with Gasteiger partial charge in [0.05, 0.1) is 7.11 Å². The Bertz CT molecular complexity index is 999. The molecule has 1 amide bonds. The number of hydrogen-bond donors (Lipinski definition) is 1. The number of esters is 1. The Morgan fingerprint density at radius 2 is 1.52 bits per heavy atom. The third-order valence-corrected chi connectivity index (χ3v) is 4.64. The van der Waals surface area contributed by atoms with Gasteiger partial charge in [0.25, 0.3) is 0 Å². The lowest BCUT2D eigenvalue weighted by molar-refractivity contribution is -0.144. The molecule has 0 saturated heterocycles. The fourth-order valence-corrected chi connectivity index (χ4v) is 2.99. The highest BCUT2D eigenvalue weighted by Crippen LogP contribution is 2.13. The zero-order valence-electron chi connectivity index (χ0n) is 17.4. The van der Waals surface area contributed by atoms with Crippen LogP contribution in [0.1, 0.15) is 16.7 Å². The molecule has 1 atom stereocenters. The third kappa shape index (κ3) is 7.16. The van der Waals surface area contributed by atoms with Gasteiger partial charge in [0, 0.05) is 12.5 Å². The third-order valence-electron chi connectivity index (χ3n) is 4.64. The minimum Gasteiger partial charge on any atom is -0.489 e. The zero-order chi connectivity index (χ0) is 21.9. The van der Waals surface area contributed by atoms with Crippen molar-refractivity contribution in [3.8, 4) is 5.75 Å². The molecule has 0 aromatic heterocycles. The van der Waals surface area contributed by atoms with Crippen molar-refractivity contribution in [3.05, 3.63) is 108 Å². The molecular formula is C26H25NO4. The summed E-state index contributed by atoms with van der Waals surface area (Å²) >= 11 is 0. The lowest BCUT2D eigenvalue weighted by Crippen LogP contribution is -2.42. The molecule has 0 saturated carbocycles. The van der Waals surface area contributed by atoms with Crippen LogP contribution in [0.25, 0.3) is 6.08 Å². The summed E-state index contributed by atoms with van der Waals surface area (Å²) in [4.78, 5) is 24.4. The van der Waals surface area contributed by atoms with Crippen LogP contribution in [0.4, 0.5) is 0 Å². The second kappa shape index (κ2) is 11.4. The quantitative estimate of drug-likeness (QED) is 0.421. The first kappa shape index (κ1) is 21.8. The van der Waals surface area contributed by atoms with E-state index >= 15 is 0 Å². The highest BCUT2D eigenvalue weighted by Gasteiger charge is 2.20. The molecule has 0 fully saturated rings. The van der Waals surface area contributed by atoms with Crippen LogP contribution in [0.15, 0.2) is 91.0 Å². The normalized spacial score (nSPS) is 11.6. The van der Waals surface area contributed by atoms with Gasteiger partial charge in [-0.2, -0.15) is 0 Å². The van der Waals surface area contributed by atoms with Crippen LogP contribution in [0.5, 0.6) is 5.75 Å². The maximum atomic E-state index is 12.3. The number of amides is 1. The molecule has 0 aliphatic heterocycles. The van der Waals surface area contributed by atoms with Gasteiger partial charge in [-0.1, -0.05) is 72.8 Å². The molecule has 0 bridgehead atoms. The lowest BCUT2D eigenvalue weighted by Gasteiger charge is -2.15. The molecule has 3 aromatic carbocycles. The van der Waals surface area contributed by atoms with Gasteiger partial charge < -0.3 is 14.8 Å². The number of benzene rings is 3. The first-order valence-electron chi connectivity index (χ1n) is 10.0. The van der Waals surface area contributed by atoms with Crippen molar-refractivity contribution in [3.63, 3.8) is 0 Å². The Labute approximate surface area is 182 Å². The summed E-state index contributed by atoms with van der Waals surface area (Å²) < 4.78 is 10.6. The van der Waals surface area contributed by atoms with E-state index in [1.807, 2.05) is 84.9 Å². The standard InChI is InChI=1S/C26H25NO4/c1-30-26(29)24(18-21-8-4-2-5-9-21)27-25(28)17-16-20-12-14-22(15-13-20)19-31-23-10-6-3-7-11-23/h2-17,24H,18-19H2,1H3,(H,27,28). The van der Waals surface area contributed by atoms with Crippen molar-refractivity contribution < 1.29 is 19.1 Å². The minimum atomic E-state index is -0.748. The molecular weight excluding hydrogens is 390 g/mol. The molecule has 0 aliphatic carbocycles. The molecule has 0 aliphatic rings. The molecule has 3 aromatic rings. The van der Waals surface area contributed by atoms with E-state index in [0.717, 1.165) is 22.4 Å². The van der Waals surface area contributed by atoms with E-state index in [-0.39, 0.29) is 5.91 Å². The molecule has 1 unspecified atom stereocenters. The Kier molecular flexibility index (Phi) is 8.00. The van der Waals surface area contributed by atoms with E-state index in [2.05, 4.69) is 5.32 Å². The molecule has 1 N–H and O–H groups in total. The maximum Gasteiger partial charge on any atom is 0.328 e. The molecule has 0 heterocycles. The molecule has 5 heteroatoms. The van der Waals surface area contributed by atoms with E-state index in [1.165, 1.54) is 13.2 Å². The number of hydrogen-bond acceptors (Lipinski definition) is 4. The van der Waals surface area contributed by atoms with Crippen molar-refractivity contribution in [2.45, 2.75) is 19.1 Å². The van der Waals surface area contributed by atoms with Crippen LogP contribution < -0.4 is 10.1 Å². The van der Waals surface area contributed by atoms with Crippen LogP contribution in [-0.2, 0) is 27.4 Å². The zero-order valence-corrected chi connectivity index (χ0v) is 17.4. The van der Waals surface area contributed by atoms with Gasteiger partial charge >= 0.3 is 5.97 Å². The number of nitrogens with one attached hydrogen (secondary N) is 1. The number of methoxy groups -OCH3 is 1. The maximum absolute atomic E-state index is 12.3. The smallest absolute Gasteiger partial charge is 0.328 e. The van der Waals surface area contributed by atoms with Crippen molar-refractivity contribution in [1.29, 1.82) is 0 Å². The summed E-state index contributed by atoms with van der Waals surface area (Å²) in [6, 6.07) is 26.1. The van der Waals surface area contributed by atoms with Crippen molar-refractivity contribution in [1.82, 2.24) is 5.32 Å². The SMILES string of the molecule is COC(=O)C(Cc1ccccc1)NC(=O)C=Cc1ccc(COc2ccccc2)cc1. The van der Waals surface area contributed by atoms with Crippen LogP contribution in [0.2, 0.25) is 0 Å². The van der Waals surface area contributed by atoms with Crippen LogP contribution >= 0.6 is 0 Å². The van der Waals surface area contributed by atoms with E-state index in [0.29, 0.717) is 13.0 Å². The molecule has 31 heavy (non-hydrogen) atoms. The van der Waals surface area contributed by atoms with E-state index in [9.17, 15) is 9.59 Å². The van der Waals surface area contributed by atoms with Crippen LogP contribution in [0, 0.1) is 0 Å². The number of rotatable bonds is 9. The first-order valence-corrected chi connectivity index (χ1v) is 10.0. The Morgan fingerprint density at radius 1 is 0.871 bits per heavy atom. The predicted octanol–water partition coefficient (Wildman–Crippen LogP) is 4.18. The number of ether oxygens (including phenoxy) is 2. The summed E-state index contributed by atoms with van der Waals surface area (Å²) in [7, 11) is 1.31. The summed E-state index contributed by atoms with van der Waals surface area (Å²) in [5.74, 6) is -0.0185. The van der Waals surface area contributed by atoms with Gasteiger partial charge in [-0.15, -0.1) is 0 Å². The Hall–Kier alpha value is -3.86. The molecule has 3 rings (SSSR count). The van der Waals surface area contributed by atoms with Gasteiger partial charge in [-0.05, 0) is 34.9 Å². The lowest BCUT2D eigenvalue weighted by atomic mass is 10.1. The van der Waals surface area contributed by atoms with Crippen molar-refractivity contribution >= 4 is 18.0 Å². The summed E-state index contributed by atoms with van der Waals surface area (Å²) in [6.45, 7) is 0.467. The Balaban J connectivity index is 1.54. The summed E-state index contributed by atoms with van der Waals surface area (Å²) in [5, 5.41) is 2.72. The van der Waals surface area contributed by atoms with E-state index in [4.69, 9.17) is 9.47 Å². The van der Waals surface area contributed by atoms with E-state index < -0.39 is 12.0 Å². The topological polar surface area (TPSA) is 64.6 Å². The highest BCUT2D eigenvalue weighted by molar-refractivity contribution is 5.94. The fraction of sp³-hybridized carbons (Fsp3) is 0.154. The molecule has 158 valence electrons. The average molecular weight is 415 g/mol. The number of carbonyl (C=O) groups excluding carboxylic acids is 2. The molecule has 0 spiro atoms.